The van der Waals surface area contributed by atoms with Gasteiger partial charge in [-0.15, -0.1) is 24.0 Å². The predicted molar refractivity (Wildman–Crippen MR) is 129 cm³/mol. The van der Waals surface area contributed by atoms with Crippen molar-refractivity contribution in [2.75, 3.05) is 33.2 Å². The molecule has 1 aliphatic rings. The molecule has 0 saturated carbocycles. The Morgan fingerprint density at radius 1 is 1.23 bits per heavy atom. The smallest absolute Gasteiger partial charge is 0.410 e. The lowest BCUT2D eigenvalue weighted by molar-refractivity contribution is -0.130. The van der Waals surface area contributed by atoms with E-state index in [9.17, 15) is 9.59 Å². The number of likely N-dealkylation sites (N-methyl/N-ethyl adjacent to an activating group) is 1. The molecule has 8 nitrogen and oxygen atoms in total. The summed E-state index contributed by atoms with van der Waals surface area (Å²) in [7, 11) is 1.66. The molecule has 1 fully saturated rings. The summed E-state index contributed by atoms with van der Waals surface area (Å²) in [4.78, 5) is 32.2. The number of likely N-dealkylation sites (tertiary alicyclic amines) is 1. The Balaban J connectivity index is 0.00000450. The topological polar surface area (TPSA) is 86.3 Å². The molecule has 0 spiro atoms. The number of benzene rings is 1. The third-order valence-electron chi connectivity index (χ3n) is 4.46. The quantitative estimate of drug-likeness (QED) is 0.335. The molecule has 1 aliphatic heterocycles. The lowest BCUT2D eigenvalue weighted by Gasteiger charge is -2.40. The maximum absolute atomic E-state index is 12.6. The van der Waals surface area contributed by atoms with Crippen LogP contribution in [0.25, 0.3) is 0 Å². The van der Waals surface area contributed by atoms with Gasteiger partial charge in [-0.05, 0) is 33.3 Å². The fourth-order valence-corrected chi connectivity index (χ4v) is 2.88. The second kappa shape index (κ2) is 12.0. The van der Waals surface area contributed by atoms with Crippen LogP contribution in [0.15, 0.2) is 35.3 Å². The number of rotatable bonds is 6. The summed E-state index contributed by atoms with van der Waals surface area (Å²) < 4.78 is 5.35. The van der Waals surface area contributed by atoms with E-state index < -0.39 is 5.60 Å². The average Bonchev–Trinajstić information content (AvgIpc) is 2.63. The molecule has 1 saturated heterocycles. The number of carbonyl (C=O) groups excluding carboxylic acids is 2. The summed E-state index contributed by atoms with van der Waals surface area (Å²) in [5.74, 6) is 0.547. The number of ether oxygens (including phenoxy) is 1. The summed E-state index contributed by atoms with van der Waals surface area (Å²) in [6.45, 7) is 9.96. The Kier molecular flexibility index (Phi) is 10.4. The SMILES string of the molecule is CCN(Cc1ccccc1)C(=O)CNC(=NC)NC1CN(C(=O)OC(C)(C)C)C1.I. The van der Waals surface area contributed by atoms with Crippen LogP contribution in [0.2, 0.25) is 0 Å². The number of carbonyl (C=O) groups is 2. The van der Waals surface area contributed by atoms with Gasteiger partial charge in [-0.1, -0.05) is 30.3 Å². The zero-order chi connectivity index (χ0) is 21.4. The standard InChI is InChI=1S/C21H33N5O3.HI/c1-6-25(13-16-10-8-7-9-11-16)18(27)12-23-19(22-5)24-17-14-26(15-17)20(28)29-21(2,3)4;/h7-11,17H,6,12-15H2,1-5H3,(H2,22,23,24);1H. The van der Waals surface area contributed by atoms with Crippen LogP contribution in [-0.2, 0) is 16.1 Å². The molecular weight excluding hydrogens is 497 g/mol. The van der Waals surface area contributed by atoms with Gasteiger partial charge in [0.25, 0.3) is 0 Å². The number of aliphatic imine (C=N–C) groups is 1. The zero-order valence-corrected chi connectivity index (χ0v) is 20.8. The molecule has 0 unspecified atom stereocenters. The van der Waals surface area contributed by atoms with Gasteiger partial charge in [-0.3, -0.25) is 9.79 Å². The van der Waals surface area contributed by atoms with Crippen LogP contribution in [-0.4, -0.2) is 72.6 Å². The minimum atomic E-state index is -0.502. The Morgan fingerprint density at radius 2 is 1.87 bits per heavy atom. The average molecular weight is 531 g/mol. The highest BCUT2D eigenvalue weighted by Crippen LogP contribution is 2.15. The van der Waals surface area contributed by atoms with Gasteiger partial charge in [-0.2, -0.15) is 0 Å². The van der Waals surface area contributed by atoms with E-state index in [2.05, 4.69) is 15.6 Å². The molecule has 30 heavy (non-hydrogen) atoms. The lowest BCUT2D eigenvalue weighted by atomic mass is 10.1. The molecule has 0 atom stereocenters. The number of halogens is 1. The first-order valence-electron chi connectivity index (χ1n) is 9.98. The van der Waals surface area contributed by atoms with Crippen molar-refractivity contribution in [1.29, 1.82) is 0 Å². The Morgan fingerprint density at radius 3 is 2.40 bits per heavy atom. The summed E-state index contributed by atoms with van der Waals surface area (Å²) >= 11 is 0. The number of hydrogen-bond acceptors (Lipinski definition) is 4. The molecule has 2 rings (SSSR count). The molecule has 1 aromatic carbocycles. The van der Waals surface area contributed by atoms with Crippen molar-refractivity contribution < 1.29 is 14.3 Å². The van der Waals surface area contributed by atoms with Crippen LogP contribution in [0.1, 0.15) is 33.3 Å². The highest BCUT2D eigenvalue weighted by molar-refractivity contribution is 14.0. The van der Waals surface area contributed by atoms with Crippen molar-refractivity contribution in [2.24, 2.45) is 4.99 Å². The molecule has 2 amide bonds. The van der Waals surface area contributed by atoms with Gasteiger partial charge in [0.2, 0.25) is 5.91 Å². The first-order chi connectivity index (χ1) is 13.7. The van der Waals surface area contributed by atoms with Crippen molar-refractivity contribution in [2.45, 2.75) is 45.9 Å². The Labute approximate surface area is 196 Å². The van der Waals surface area contributed by atoms with Gasteiger partial charge in [0.1, 0.15) is 5.60 Å². The van der Waals surface area contributed by atoms with Crippen LogP contribution in [0.4, 0.5) is 4.79 Å². The van der Waals surface area contributed by atoms with E-state index in [1.54, 1.807) is 16.8 Å². The summed E-state index contributed by atoms with van der Waals surface area (Å²) in [5, 5.41) is 6.30. The molecule has 0 aliphatic carbocycles. The fourth-order valence-electron chi connectivity index (χ4n) is 2.88. The summed E-state index contributed by atoms with van der Waals surface area (Å²) in [6.07, 6.45) is -0.312. The monoisotopic (exact) mass is 531 g/mol. The second-order valence-corrected chi connectivity index (χ2v) is 8.05. The van der Waals surface area contributed by atoms with Crippen molar-refractivity contribution >= 4 is 41.9 Å². The van der Waals surface area contributed by atoms with E-state index in [1.807, 2.05) is 58.0 Å². The minimum Gasteiger partial charge on any atom is -0.444 e. The first-order valence-corrected chi connectivity index (χ1v) is 9.98. The van der Waals surface area contributed by atoms with Gasteiger partial charge in [0, 0.05) is 33.2 Å². The van der Waals surface area contributed by atoms with E-state index >= 15 is 0 Å². The van der Waals surface area contributed by atoms with Crippen molar-refractivity contribution in [1.82, 2.24) is 20.4 Å². The van der Waals surface area contributed by atoms with Gasteiger partial charge >= 0.3 is 6.09 Å². The van der Waals surface area contributed by atoms with Crippen LogP contribution in [0.3, 0.4) is 0 Å². The fraction of sp³-hybridized carbons (Fsp3) is 0.571. The number of nitrogens with one attached hydrogen (secondary N) is 2. The van der Waals surface area contributed by atoms with E-state index in [4.69, 9.17) is 4.74 Å². The van der Waals surface area contributed by atoms with E-state index in [0.717, 1.165) is 5.56 Å². The van der Waals surface area contributed by atoms with Crippen molar-refractivity contribution in [3.8, 4) is 0 Å². The molecule has 2 N–H and O–H groups in total. The normalized spacial score (nSPS) is 14.3. The van der Waals surface area contributed by atoms with Gasteiger partial charge in [-0.25, -0.2) is 4.79 Å². The van der Waals surface area contributed by atoms with E-state index in [0.29, 0.717) is 32.1 Å². The highest BCUT2D eigenvalue weighted by atomic mass is 127. The van der Waals surface area contributed by atoms with Crippen molar-refractivity contribution in [3.05, 3.63) is 35.9 Å². The lowest BCUT2D eigenvalue weighted by Crippen LogP contribution is -2.63. The van der Waals surface area contributed by atoms with Crippen LogP contribution in [0, 0.1) is 0 Å². The number of guanidine groups is 1. The number of nitrogens with zero attached hydrogens (tertiary/aromatic N) is 3. The maximum atomic E-state index is 12.6. The second-order valence-electron chi connectivity index (χ2n) is 8.05. The van der Waals surface area contributed by atoms with E-state index in [-0.39, 0.29) is 48.6 Å². The molecule has 168 valence electrons. The van der Waals surface area contributed by atoms with Crippen molar-refractivity contribution in [3.63, 3.8) is 0 Å². The van der Waals surface area contributed by atoms with Gasteiger partial charge < -0.3 is 25.2 Å². The number of amides is 2. The summed E-state index contributed by atoms with van der Waals surface area (Å²) in [5.41, 5.74) is 0.597. The predicted octanol–water partition coefficient (Wildman–Crippen LogP) is 2.44. The third kappa shape index (κ3) is 8.37. The summed E-state index contributed by atoms with van der Waals surface area (Å²) in [6, 6.07) is 10.0. The van der Waals surface area contributed by atoms with Gasteiger partial charge in [0.05, 0.1) is 12.6 Å². The molecule has 0 radical (unpaired) electrons. The molecule has 9 heteroatoms. The molecule has 0 bridgehead atoms. The van der Waals surface area contributed by atoms with E-state index in [1.165, 1.54) is 0 Å². The molecule has 0 aromatic heterocycles. The Bertz CT molecular complexity index is 715. The molecule has 1 heterocycles. The molecular formula is C21H34IN5O3. The van der Waals surface area contributed by atoms with Crippen LogP contribution >= 0.6 is 24.0 Å². The highest BCUT2D eigenvalue weighted by Gasteiger charge is 2.34. The largest absolute Gasteiger partial charge is 0.444 e. The number of hydrogen-bond donors (Lipinski definition) is 2. The minimum absolute atomic E-state index is 0. The maximum Gasteiger partial charge on any atom is 0.410 e. The molecule has 1 aromatic rings. The Hall–Kier alpha value is -2.04. The van der Waals surface area contributed by atoms with Crippen LogP contribution in [0.5, 0.6) is 0 Å². The van der Waals surface area contributed by atoms with Crippen LogP contribution < -0.4 is 10.6 Å². The van der Waals surface area contributed by atoms with Gasteiger partial charge in [0.15, 0.2) is 5.96 Å². The third-order valence-corrected chi connectivity index (χ3v) is 4.46. The zero-order valence-electron chi connectivity index (χ0n) is 18.5. The first kappa shape index (κ1) is 26.0.